The molecule has 1 aromatic heterocycles. The van der Waals surface area contributed by atoms with Crippen LogP contribution < -0.4 is 0 Å². The van der Waals surface area contributed by atoms with Crippen LogP contribution in [0, 0.1) is 0 Å². The van der Waals surface area contributed by atoms with Crippen molar-refractivity contribution in [2.75, 3.05) is 26.2 Å². The fraction of sp³-hybridized carbons (Fsp3) is 0.333. The number of rotatable bonds is 7. The van der Waals surface area contributed by atoms with Gasteiger partial charge in [0, 0.05) is 43.7 Å². The van der Waals surface area contributed by atoms with Gasteiger partial charge in [0.05, 0.1) is 22.5 Å². The van der Waals surface area contributed by atoms with Crippen LogP contribution in [0.5, 0.6) is 11.5 Å². The minimum Gasteiger partial charge on any atom is -0.504 e. The second-order valence-corrected chi connectivity index (χ2v) is 10.6. The molecule has 2 heterocycles. The van der Waals surface area contributed by atoms with Crippen LogP contribution in [0.15, 0.2) is 53.6 Å². The van der Waals surface area contributed by atoms with Crippen LogP contribution in [0.1, 0.15) is 29.6 Å². The second kappa shape index (κ2) is 10.1. The number of likely N-dealkylation sites (tertiary alicyclic amines) is 1. The minimum absolute atomic E-state index is 0.0193. The van der Waals surface area contributed by atoms with E-state index in [9.17, 15) is 41.4 Å². The summed E-state index contributed by atoms with van der Waals surface area (Å²) in [6.07, 6.45) is -2.30. The Bertz CT molecular complexity index is 1450. The minimum atomic E-state index is -4.62. The van der Waals surface area contributed by atoms with Crippen LogP contribution in [0.25, 0.3) is 10.9 Å². The predicted octanol–water partition coefficient (Wildman–Crippen LogP) is 3.41. The number of nitrogens with zero attached hydrogens (tertiary/aromatic N) is 3. The molecule has 0 saturated carbocycles. The van der Waals surface area contributed by atoms with Crippen LogP contribution in [-0.2, 0) is 21.0 Å². The molecule has 0 spiro atoms. The van der Waals surface area contributed by atoms with E-state index in [4.69, 9.17) is 0 Å². The zero-order chi connectivity index (χ0) is 27.0. The van der Waals surface area contributed by atoms with Crippen molar-refractivity contribution in [3.63, 3.8) is 0 Å². The van der Waals surface area contributed by atoms with Crippen molar-refractivity contribution in [1.82, 2.24) is 13.8 Å². The van der Waals surface area contributed by atoms with Gasteiger partial charge in [-0.3, -0.25) is 14.2 Å². The van der Waals surface area contributed by atoms with Crippen LogP contribution >= 0.6 is 0 Å². The summed E-state index contributed by atoms with van der Waals surface area (Å²) in [6, 6.07) is 7.47. The molecule has 3 aromatic rings. The fourth-order valence-electron chi connectivity index (χ4n) is 4.29. The molecule has 198 valence electrons. The lowest BCUT2D eigenvalue weighted by Gasteiger charge is -2.24. The van der Waals surface area contributed by atoms with Crippen molar-refractivity contribution >= 4 is 32.7 Å². The van der Waals surface area contributed by atoms with Gasteiger partial charge in [0.15, 0.2) is 11.5 Å². The van der Waals surface area contributed by atoms with Gasteiger partial charge in [-0.05, 0) is 43.2 Å². The number of benzene rings is 2. The first-order valence-corrected chi connectivity index (χ1v) is 12.8. The number of phenols is 2. The monoisotopic (exact) mass is 539 g/mol. The molecule has 0 bridgehead atoms. The number of halogens is 3. The van der Waals surface area contributed by atoms with E-state index < -0.39 is 69.5 Å². The van der Waals surface area contributed by atoms with E-state index in [1.165, 1.54) is 29.3 Å². The number of hydrogen-bond donors (Lipinski definition) is 2. The lowest BCUT2D eigenvalue weighted by atomic mass is 10.1. The van der Waals surface area contributed by atoms with Crippen molar-refractivity contribution in [2.24, 2.45) is 0 Å². The van der Waals surface area contributed by atoms with Gasteiger partial charge in [0.2, 0.25) is 21.8 Å². The van der Waals surface area contributed by atoms with E-state index in [1.807, 2.05) is 0 Å². The van der Waals surface area contributed by atoms with Gasteiger partial charge in [0.1, 0.15) is 0 Å². The van der Waals surface area contributed by atoms with Gasteiger partial charge >= 0.3 is 6.18 Å². The number of hydrogen-bond acceptors (Lipinski definition) is 6. The highest BCUT2D eigenvalue weighted by Gasteiger charge is 2.34. The SMILES string of the molecule is O=C(CN(CCC(=O)n1ccc2c(C(F)(F)F)cccc21)S(=O)(=O)c1ccc(O)c(O)c1)N1CCCC1. The molecular formula is C24H24F3N3O6S. The number of amides is 1. The van der Waals surface area contributed by atoms with Gasteiger partial charge < -0.3 is 15.1 Å². The number of aromatic hydroxyl groups is 2. The van der Waals surface area contributed by atoms with Gasteiger partial charge in [0.25, 0.3) is 0 Å². The third-order valence-electron chi connectivity index (χ3n) is 6.24. The predicted molar refractivity (Wildman–Crippen MR) is 127 cm³/mol. The van der Waals surface area contributed by atoms with E-state index in [0.29, 0.717) is 13.1 Å². The molecule has 1 amide bonds. The molecule has 0 aliphatic carbocycles. The van der Waals surface area contributed by atoms with Crippen LogP contribution in [-0.4, -0.2) is 70.4 Å². The number of phenolic OH excluding ortho intramolecular Hbond substituents is 2. The Morgan fingerprint density at radius 2 is 1.68 bits per heavy atom. The molecule has 1 saturated heterocycles. The summed E-state index contributed by atoms with van der Waals surface area (Å²) < 4.78 is 68.5. The van der Waals surface area contributed by atoms with Crippen molar-refractivity contribution in [1.29, 1.82) is 0 Å². The largest absolute Gasteiger partial charge is 0.504 e. The maximum absolute atomic E-state index is 13.3. The zero-order valence-corrected chi connectivity index (χ0v) is 20.3. The van der Waals surface area contributed by atoms with E-state index in [1.54, 1.807) is 0 Å². The highest BCUT2D eigenvalue weighted by Crippen LogP contribution is 2.35. The lowest BCUT2D eigenvalue weighted by molar-refractivity contribution is -0.136. The number of alkyl halides is 3. The third kappa shape index (κ3) is 5.42. The molecule has 37 heavy (non-hydrogen) atoms. The molecule has 1 fully saturated rings. The summed E-state index contributed by atoms with van der Waals surface area (Å²) in [4.78, 5) is 26.9. The molecule has 13 heteroatoms. The van der Waals surface area contributed by atoms with Crippen molar-refractivity contribution in [3.8, 4) is 11.5 Å². The number of carbonyl (C=O) groups excluding carboxylic acids is 2. The maximum Gasteiger partial charge on any atom is 0.417 e. The Labute approximate surface area is 210 Å². The smallest absolute Gasteiger partial charge is 0.417 e. The fourth-order valence-corrected chi connectivity index (χ4v) is 5.70. The maximum atomic E-state index is 13.3. The van der Waals surface area contributed by atoms with Gasteiger partial charge in [-0.25, -0.2) is 8.42 Å². The number of aromatic nitrogens is 1. The third-order valence-corrected chi connectivity index (χ3v) is 8.08. The Balaban J connectivity index is 1.61. The zero-order valence-electron chi connectivity index (χ0n) is 19.5. The topological polar surface area (TPSA) is 120 Å². The Kier molecular flexibility index (Phi) is 7.20. The highest BCUT2D eigenvalue weighted by atomic mass is 32.2. The first-order chi connectivity index (χ1) is 17.4. The summed E-state index contributed by atoms with van der Waals surface area (Å²) in [5.41, 5.74) is -0.880. The molecule has 2 aromatic carbocycles. The van der Waals surface area contributed by atoms with Crippen molar-refractivity contribution < 1.29 is 41.4 Å². The number of sulfonamides is 1. The summed E-state index contributed by atoms with van der Waals surface area (Å²) in [5.74, 6) is -2.34. The molecule has 0 radical (unpaired) electrons. The van der Waals surface area contributed by atoms with Gasteiger partial charge in [-0.1, -0.05) is 6.07 Å². The average Bonchev–Trinajstić information content (AvgIpc) is 3.52. The Morgan fingerprint density at radius 3 is 2.32 bits per heavy atom. The summed E-state index contributed by atoms with van der Waals surface area (Å²) in [7, 11) is -4.39. The van der Waals surface area contributed by atoms with E-state index in [0.717, 1.165) is 46.0 Å². The molecule has 4 rings (SSSR count). The molecule has 1 aliphatic rings. The van der Waals surface area contributed by atoms with Gasteiger partial charge in [-0.2, -0.15) is 17.5 Å². The first kappa shape index (κ1) is 26.5. The molecule has 0 unspecified atom stereocenters. The first-order valence-electron chi connectivity index (χ1n) is 11.4. The van der Waals surface area contributed by atoms with E-state index in [2.05, 4.69) is 0 Å². The quantitative estimate of drug-likeness (QED) is 0.444. The summed E-state index contributed by atoms with van der Waals surface area (Å²) in [5, 5.41) is 19.1. The standard InChI is InChI=1S/C24H24F3N3O6S/c25-24(26,27)18-4-3-5-19-17(18)8-13-30(19)22(33)9-12-29(15-23(34)28-10-1-2-11-28)37(35,36)16-6-7-20(31)21(32)14-16/h3-8,13-14,31-32H,1-2,9-12,15H2. The van der Waals surface area contributed by atoms with Crippen molar-refractivity contribution in [2.45, 2.75) is 30.3 Å². The highest BCUT2D eigenvalue weighted by molar-refractivity contribution is 7.89. The van der Waals surface area contributed by atoms with E-state index >= 15 is 0 Å². The normalized spacial score (nSPS) is 14.5. The van der Waals surface area contributed by atoms with Crippen molar-refractivity contribution in [3.05, 3.63) is 54.2 Å². The molecule has 1 aliphatic heterocycles. The molecule has 9 nitrogen and oxygen atoms in total. The number of carbonyl (C=O) groups is 2. The Hall–Kier alpha value is -3.58. The van der Waals surface area contributed by atoms with E-state index in [-0.39, 0.29) is 10.9 Å². The van der Waals surface area contributed by atoms with Crippen LogP contribution in [0.3, 0.4) is 0 Å². The molecule has 0 atom stereocenters. The number of fused-ring (bicyclic) bond motifs is 1. The molecule has 2 N–H and O–H groups in total. The van der Waals surface area contributed by atoms with Gasteiger partial charge in [-0.15, -0.1) is 0 Å². The van der Waals surface area contributed by atoms with Crippen LogP contribution in [0.2, 0.25) is 0 Å². The second-order valence-electron chi connectivity index (χ2n) is 8.64. The summed E-state index contributed by atoms with van der Waals surface area (Å²) >= 11 is 0. The Morgan fingerprint density at radius 1 is 0.973 bits per heavy atom. The molecular weight excluding hydrogens is 515 g/mol. The lowest BCUT2D eigenvalue weighted by Crippen LogP contribution is -2.42. The van der Waals surface area contributed by atoms with Crippen LogP contribution in [0.4, 0.5) is 13.2 Å². The summed E-state index contributed by atoms with van der Waals surface area (Å²) in [6.45, 7) is -0.0615. The average molecular weight is 540 g/mol.